The number of anilines is 1. The molecule has 0 aliphatic carbocycles. The van der Waals surface area contributed by atoms with Gasteiger partial charge in [-0.15, -0.1) is 0 Å². The number of aryl methyl sites for hydroxylation is 2. The van der Waals surface area contributed by atoms with Crippen LogP contribution >= 0.6 is 11.8 Å². The number of fused-ring (bicyclic) bond motifs is 1. The van der Waals surface area contributed by atoms with Gasteiger partial charge >= 0.3 is 0 Å². The highest BCUT2D eigenvalue weighted by Crippen LogP contribution is 2.31. The lowest BCUT2D eigenvalue weighted by molar-refractivity contribution is 0.692. The molecule has 2 N–H and O–H groups in total. The zero-order valence-corrected chi connectivity index (χ0v) is 12.3. The molecule has 7 nitrogen and oxygen atoms in total. The number of hydrogen-bond acceptors (Lipinski definition) is 6. The molecule has 8 heteroatoms. The Morgan fingerprint density at radius 1 is 1.40 bits per heavy atom. The molecule has 0 spiro atoms. The van der Waals surface area contributed by atoms with E-state index in [0.717, 1.165) is 33.3 Å². The van der Waals surface area contributed by atoms with Crippen LogP contribution in [0.1, 0.15) is 12.6 Å². The number of H-pyrrole nitrogens is 1. The first-order valence-corrected chi connectivity index (χ1v) is 7.12. The molecule has 0 amide bonds. The van der Waals surface area contributed by atoms with Gasteiger partial charge in [0.25, 0.3) is 0 Å². The second kappa shape index (κ2) is 5.12. The maximum Gasteiger partial charge on any atom is 0.225 e. The Morgan fingerprint density at radius 3 is 2.95 bits per heavy atom. The van der Waals surface area contributed by atoms with Crippen molar-refractivity contribution in [2.45, 2.75) is 23.9 Å². The minimum Gasteiger partial charge on any atom is -0.354 e. The van der Waals surface area contributed by atoms with E-state index >= 15 is 0 Å². The van der Waals surface area contributed by atoms with Crippen molar-refractivity contribution in [1.29, 1.82) is 0 Å². The van der Waals surface area contributed by atoms with E-state index in [1.807, 2.05) is 31.6 Å². The monoisotopic (exact) mass is 289 g/mol. The molecule has 0 atom stereocenters. The summed E-state index contributed by atoms with van der Waals surface area (Å²) in [6.07, 6.45) is 1.75. The topological polar surface area (TPSA) is 84.3 Å². The first-order valence-electron chi connectivity index (χ1n) is 6.31. The lowest BCUT2D eigenvalue weighted by Crippen LogP contribution is -2.03. The Bertz CT molecular complexity index is 745. The van der Waals surface area contributed by atoms with Crippen LogP contribution < -0.4 is 5.32 Å². The molecule has 0 aromatic carbocycles. The Morgan fingerprint density at radius 2 is 2.25 bits per heavy atom. The van der Waals surface area contributed by atoms with Crippen molar-refractivity contribution >= 4 is 28.7 Å². The van der Waals surface area contributed by atoms with Crippen molar-refractivity contribution in [1.82, 2.24) is 29.9 Å². The minimum atomic E-state index is 0.602. The molecule has 104 valence electrons. The molecule has 20 heavy (non-hydrogen) atoms. The third-order valence-electron chi connectivity index (χ3n) is 2.77. The number of rotatable bonds is 4. The van der Waals surface area contributed by atoms with Crippen LogP contribution in [0, 0.1) is 6.92 Å². The minimum absolute atomic E-state index is 0.602. The molecule has 0 unspecified atom stereocenters. The zero-order valence-electron chi connectivity index (χ0n) is 11.5. The van der Waals surface area contributed by atoms with Gasteiger partial charge in [0.1, 0.15) is 10.1 Å². The summed E-state index contributed by atoms with van der Waals surface area (Å²) < 4.78 is 1.85. The average molecular weight is 289 g/mol. The highest BCUT2D eigenvalue weighted by Gasteiger charge is 2.13. The maximum absolute atomic E-state index is 4.55. The van der Waals surface area contributed by atoms with Gasteiger partial charge in [0, 0.05) is 13.6 Å². The van der Waals surface area contributed by atoms with E-state index in [-0.39, 0.29) is 0 Å². The van der Waals surface area contributed by atoms with Gasteiger partial charge in [0.15, 0.2) is 5.65 Å². The van der Waals surface area contributed by atoms with Crippen molar-refractivity contribution in [2.24, 2.45) is 7.05 Å². The number of nitrogens with zero attached hydrogens (tertiary/aromatic N) is 5. The smallest absolute Gasteiger partial charge is 0.225 e. The van der Waals surface area contributed by atoms with Crippen LogP contribution in [0.5, 0.6) is 0 Å². The molecule has 0 aliphatic heterocycles. The zero-order chi connectivity index (χ0) is 14.1. The predicted molar refractivity (Wildman–Crippen MR) is 77.9 cm³/mol. The summed E-state index contributed by atoms with van der Waals surface area (Å²) in [6, 6.07) is 2.03. The van der Waals surface area contributed by atoms with E-state index in [2.05, 4.69) is 30.6 Å². The van der Waals surface area contributed by atoms with E-state index in [0.29, 0.717) is 5.95 Å². The van der Waals surface area contributed by atoms with Crippen LogP contribution in [-0.2, 0) is 7.05 Å². The molecule has 0 saturated carbocycles. The average Bonchev–Trinajstić information content (AvgIpc) is 2.97. The largest absolute Gasteiger partial charge is 0.354 e. The Labute approximate surface area is 120 Å². The molecular formula is C12H15N7S. The Kier molecular flexibility index (Phi) is 3.31. The molecule has 3 aromatic heterocycles. The van der Waals surface area contributed by atoms with Gasteiger partial charge in [-0.05, 0) is 31.7 Å². The number of hydrogen-bond donors (Lipinski definition) is 2. The fourth-order valence-electron chi connectivity index (χ4n) is 1.90. The van der Waals surface area contributed by atoms with E-state index in [4.69, 9.17) is 0 Å². The van der Waals surface area contributed by atoms with E-state index in [1.165, 1.54) is 0 Å². The standard InChI is InChI=1S/C12H15N7S/c1-4-13-12-15-10-8(6-14-17-10)11(16-12)20-9-5-7(2)18-19(9)3/h5-6H,4H2,1-3H3,(H2,13,14,15,16,17). The molecule has 0 bridgehead atoms. The first kappa shape index (κ1) is 12.9. The van der Waals surface area contributed by atoms with E-state index in [9.17, 15) is 0 Å². The normalized spacial score (nSPS) is 11.2. The summed E-state index contributed by atoms with van der Waals surface area (Å²) in [4.78, 5) is 8.93. The van der Waals surface area contributed by atoms with Gasteiger partial charge < -0.3 is 5.32 Å². The van der Waals surface area contributed by atoms with Crippen molar-refractivity contribution in [3.8, 4) is 0 Å². The molecule has 0 aliphatic rings. The van der Waals surface area contributed by atoms with Crippen LogP contribution in [0.4, 0.5) is 5.95 Å². The summed E-state index contributed by atoms with van der Waals surface area (Å²) in [5.74, 6) is 0.602. The van der Waals surface area contributed by atoms with Crippen molar-refractivity contribution in [3.63, 3.8) is 0 Å². The van der Waals surface area contributed by atoms with Gasteiger partial charge in [0.05, 0.1) is 17.3 Å². The lowest BCUT2D eigenvalue weighted by Gasteiger charge is -2.06. The predicted octanol–water partition coefficient (Wildman–Crippen LogP) is 1.98. The first-order chi connectivity index (χ1) is 9.67. The maximum atomic E-state index is 4.55. The summed E-state index contributed by atoms with van der Waals surface area (Å²) in [5.41, 5.74) is 1.72. The van der Waals surface area contributed by atoms with Gasteiger partial charge in [-0.2, -0.15) is 15.2 Å². The van der Waals surface area contributed by atoms with Crippen molar-refractivity contribution < 1.29 is 0 Å². The third-order valence-corrected chi connectivity index (χ3v) is 3.87. The SMILES string of the molecule is CCNc1nc(Sc2cc(C)nn2C)c2cn[nH]c2n1. The summed E-state index contributed by atoms with van der Waals surface area (Å²) in [7, 11) is 1.92. The molecular weight excluding hydrogens is 274 g/mol. The summed E-state index contributed by atoms with van der Waals surface area (Å²) in [5, 5.41) is 17.2. The van der Waals surface area contributed by atoms with Gasteiger partial charge in [-0.1, -0.05) is 0 Å². The summed E-state index contributed by atoms with van der Waals surface area (Å²) >= 11 is 1.56. The quantitative estimate of drug-likeness (QED) is 0.714. The van der Waals surface area contributed by atoms with Crippen LogP contribution in [-0.4, -0.2) is 36.5 Å². The van der Waals surface area contributed by atoms with E-state index < -0.39 is 0 Å². The molecule has 0 radical (unpaired) electrons. The fourth-order valence-corrected chi connectivity index (χ4v) is 2.90. The Balaban J connectivity index is 2.05. The fraction of sp³-hybridized carbons (Fsp3) is 0.333. The highest BCUT2D eigenvalue weighted by atomic mass is 32.2. The van der Waals surface area contributed by atoms with Crippen LogP contribution in [0.15, 0.2) is 22.3 Å². The van der Waals surface area contributed by atoms with E-state index in [1.54, 1.807) is 18.0 Å². The lowest BCUT2D eigenvalue weighted by atomic mass is 10.4. The van der Waals surface area contributed by atoms with Crippen LogP contribution in [0.25, 0.3) is 11.0 Å². The van der Waals surface area contributed by atoms with Gasteiger partial charge in [-0.25, -0.2) is 4.98 Å². The number of aromatic amines is 1. The number of aromatic nitrogens is 6. The van der Waals surface area contributed by atoms with Crippen LogP contribution in [0.2, 0.25) is 0 Å². The highest BCUT2D eigenvalue weighted by molar-refractivity contribution is 7.99. The molecule has 3 heterocycles. The van der Waals surface area contributed by atoms with Crippen LogP contribution in [0.3, 0.4) is 0 Å². The molecule has 3 aromatic rings. The number of nitrogens with one attached hydrogen (secondary N) is 2. The van der Waals surface area contributed by atoms with Gasteiger partial charge in [-0.3, -0.25) is 9.78 Å². The second-order valence-corrected chi connectivity index (χ2v) is 5.37. The van der Waals surface area contributed by atoms with Crippen molar-refractivity contribution in [3.05, 3.63) is 18.0 Å². The second-order valence-electron chi connectivity index (χ2n) is 4.36. The summed E-state index contributed by atoms with van der Waals surface area (Å²) in [6.45, 7) is 4.76. The van der Waals surface area contributed by atoms with Gasteiger partial charge in [0.2, 0.25) is 5.95 Å². The molecule has 0 fully saturated rings. The molecule has 0 saturated heterocycles. The third kappa shape index (κ3) is 2.34. The molecule has 3 rings (SSSR count). The van der Waals surface area contributed by atoms with Crippen molar-refractivity contribution in [2.75, 3.05) is 11.9 Å². The Hall–Kier alpha value is -2.09.